The summed E-state index contributed by atoms with van der Waals surface area (Å²) in [7, 11) is 0. The molecular weight excluding hydrogens is 653 g/mol. The van der Waals surface area contributed by atoms with E-state index in [-0.39, 0.29) is 0 Å². The van der Waals surface area contributed by atoms with Gasteiger partial charge in [-0.15, -0.1) is 0 Å². The Bertz CT molecular complexity index is 2320. The molecule has 0 aromatic heterocycles. The van der Waals surface area contributed by atoms with E-state index in [4.69, 9.17) is 0 Å². The molecule has 0 heterocycles. The Morgan fingerprint density at radius 1 is 0.407 bits per heavy atom. The molecule has 1 aliphatic carbocycles. The maximum Gasteiger partial charge on any atom is 0.0464 e. The molecule has 1 atom stereocenters. The highest BCUT2D eigenvalue weighted by Crippen LogP contribution is 2.37. The van der Waals surface area contributed by atoms with Crippen molar-refractivity contribution in [2.75, 3.05) is 9.80 Å². The van der Waals surface area contributed by atoms with E-state index in [1.165, 1.54) is 61.6 Å². The maximum atomic E-state index is 2.40. The second kappa shape index (κ2) is 16.3. The van der Waals surface area contributed by atoms with Crippen molar-refractivity contribution in [1.82, 2.24) is 0 Å². The monoisotopic (exact) mass is 702 g/mol. The second-order valence-corrected chi connectivity index (χ2v) is 14.8. The lowest BCUT2D eigenvalue weighted by Gasteiger charge is -2.31. The van der Waals surface area contributed by atoms with Crippen molar-refractivity contribution in [3.63, 3.8) is 0 Å². The molecule has 1 aliphatic rings. The zero-order chi connectivity index (χ0) is 37.6. The van der Waals surface area contributed by atoms with Gasteiger partial charge in [-0.2, -0.15) is 0 Å². The first-order valence-electron chi connectivity index (χ1n) is 19.0. The molecule has 0 N–H and O–H groups in total. The van der Waals surface area contributed by atoms with Crippen LogP contribution in [0.4, 0.5) is 28.4 Å². The van der Waals surface area contributed by atoms with Crippen molar-refractivity contribution in [2.45, 2.75) is 48.0 Å². The van der Waals surface area contributed by atoms with E-state index in [9.17, 15) is 0 Å². The third kappa shape index (κ3) is 8.56. The fourth-order valence-corrected chi connectivity index (χ4v) is 6.85. The van der Waals surface area contributed by atoms with Crippen LogP contribution in [-0.4, -0.2) is 0 Å². The summed E-state index contributed by atoms with van der Waals surface area (Å²) in [6.45, 7) is 13.2. The first-order chi connectivity index (χ1) is 26.2. The van der Waals surface area contributed by atoms with Crippen LogP contribution in [0, 0.1) is 33.6 Å². The summed E-state index contributed by atoms with van der Waals surface area (Å²) in [6.07, 6.45) is 14.3. The minimum absolute atomic E-state index is 0.531. The highest BCUT2D eigenvalue weighted by molar-refractivity contribution is 5.79. The molecule has 2 heteroatoms. The van der Waals surface area contributed by atoms with Crippen LogP contribution in [0.1, 0.15) is 64.8 Å². The molecule has 0 spiro atoms. The van der Waals surface area contributed by atoms with Gasteiger partial charge in [0.1, 0.15) is 0 Å². The van der Waals surface area contributed by atoms with E-state index in [0.717, 1.165) is 29.0 Å². The quantitative estimate of drug-likeness (QED) is 0.131. The number of allylic oxidation sites excluding steroid dienone is 4. The Kier molecular flexibility index (Phi) is 10.9. The summed E-state index contributed by atoms with van der Waals surface area (Å²) in [4.78, 5) is 4.73. The van der Waals surface area contributed by atoms with E-state index >= 15 is 0 Å². The molecule has 0 bridgehead atoms. The van der Waals surface area contributed by atoms with E-state index in [2.05, 4.69) is 227 Å². The van der Waals surface area contributed by atoms with Crippen molar-refractivity contribution in [3.05, 3.63) is 207 Å². The molecule has 0 aliphatic heterocycles. The fourth-order valence-electron chi connectivity index (χ4n) is 6.85. The Labute approximate surface area is 322 Å². The summed E-state index contributed by atoms with van der Waals surface area (Å²) >= 11 is 0. The number of benzene rings is 6. The van der Waals surface area contributed by atoms with Gasteiger partial charge in [0.25, 0.3) is 0 Å². The van der Waals surface area contributed by atoms with E-state index < -0.39 is 0 Å². The average Bonchev–Trinajstić information content (AvgIpc) is 3.19. The molecule has 0 saturated heterocycles. The van der Waals surface area contributed by atoms with Crippen LogP contribution in [-0.2, 0) is 0 Å². The lowest BCUT2D eigenvalue weighted by atomic mass is 9.91. The van der Waals surface area contributed by atoms with Crippen LogP contribution >= 0.6 is 0 Å². The van der Waals surface area contributed by atoms with Gasteiger partial charge in [-0.05, 0) is 147 Å². The highest BCUT2D eigenvalue weighted by atomic mass is 15.2. The fraction of sp³-hybridized carbons (Fsp3) is 0.154. The lowest BCUT2D eigenvalue weighted by Crippen LogP contribution is -2.20. The smallest absolute Gasteiger partial charge is 0.0464 e. The molecule has 7 rings (SSSR count). The summed E-state index contributed by atoms with van der Waals surface area (Å²) < 4.78 is 0. The Morgan fingerprint density at radius 3 is 1.19 bits per heavy atom. The average molecular weight is 703 g/mol. The number of aryl methyl sites for hydroxylation is 4. The molecule has 1 unspecified atom stereocenters. The van der Waals surface area contributed by atoms with Crippen LogP contribution < -0.4 is 9.80 Å². The van der Waals surface area contributed by atoms with Crippen LogP contribution in [0.2, 0.25) is 0 Å². The zero-order valence-electron chi connectivity index (χ0n) is 32.4. The third-order valence-corrected chi connectivity index (χ3v) is 10.6. The standard InChI is InChI=1S/C52H50N2/c1-37-7-25-47(26-8-37)53(51-29-11-39(3)41(5)35-51)49-31-21-45(22-32-49)19-17-43-13-15-44(16-14-43)18-20-46-23-33-50(34-24-46)54(48-27-9-38(2)10-28-48)52-30-12-40(4)42(6)36-52/h7-35,42H,36H2,1-6H3/b19-17-,20-18-. The van der Waals surface area contributed by atoms with Gasteiger partial charge in [0.05, 0.1) is 0 Å². The Hall–Kier alpha value is -6.12. The Morgan fingerprint density at radius 2 is 0.778 bits per heavy atom. The summed E-state index contributed by atoms with van der Waals surface area (Å²) in [5.74, 6) is 0.531. The molecule has 6 aromatic rings. The van der Waals surface area contributed by atoms with Crippen molar-refractivity contribution < 1.29 is 0 Å². The molecule has 2 nitrogen and oxygen atoms in total. The van der Waals surface area contributed by atoms with Gasteiger partial charge >= 0.3 is 0 Å². The Balaban J connectivity index is 1.03. The van der Waals surface area contributed by atoms with Crippen molar-refractivity contribution in [1.29, 1.82) is 0 Å². The largest absolute Gasteiger partial charge is 0.314 e. The van der Waals surface area contributed by atoms with Gasteiger partial charge < -0.3 is 9.80 Å². The first kappa shape index (κ1) is 36.2. The van der Waals surface area contributed by atoms with Gasteiger partial charge in [0, 0.05) is 34.1 Å². The van der Waals surface area contributed by atoms with Crippen LogP contribution in [0.3, 0.4) is 0 Å². The number of nitrogens with zero attached hydrogens (tertiary/aromatic N) is 2. The van der Waals surface area contributed by atoms with Gasteiger partial charge in [0.2, 0.25) is 0 Å². The minimum atomic E-state index is 0.531. The SMILES string of the molecule is CC1=CC=C(N(c2ccc(C)cc2)c2ccc(/C=C\c3ccc(/C=C\c4ccc(N(c5ccc(C)cc5)c5ccc(C)c(C)c5)cc4)cc3)cc2)CC1C. The molecule has 0 amide bonds. The minimum Gasteiger partial charge on any atom is -0.314 e. The predicted molar refractivity (Wildman–Crippen MR) is 235 cm³/mol. The number of anilines is 5. The number of hydrogen-bond acceptors (Lipinski definition) is 2. The van der Waals surface area contributed by atoms with E-state index in [1.54, 1.807) is 0 Å². The molecule has 54 heavy (non-hydrogen) atoms. The normalized spacial score (nSPS) is 14.3. The molecule has 0 fully saturated rings. The topological polar surface area (TPSA) is 6.48 Å². The maximum absolute atomic E-state index is 2.40. The second-order valence-electron chi connectivity index (χ2n) is 14.8. The highest BCUT2D eigenvalue weighted by Gasteiger charge is 2.20. The van der Waals surface area contributed by atoms with E-state index in [0.29, 0.717) is 5.92 Å². The van der Waals surface area contributed by atoms with Gasteiger partial charge in [0.15, 0.2) is 0 Å². The van der Waals surface area contributed by atoms with Crippen molar-refractivity contribution >= 4 is 52.7 Å². The van der Waals surface area contributed by atoms with Gasteiger partial charge in [-0.1, -0.05) is 133 Å². The number of rotatable bonds is 10. The number of hydrogen-bond donors (Lipinski definition) is 0. The summed E-state index contributed by atoms with van der Waals surface area (Å²) in [5.41, 5.74) is 18.4. The lowest BCUT2D eigenvalue weighted by molar-refractivity contribution is 0.653. The van der Waals surface area contributed by atoms with E-state index in [1.807, 2.05) is 0 Å². The molecule has 268 valence electrons. The van der Waals surface area contributed by atoms with Crippen molar-refractivity contribution in [3.8, 4) is 0 Å². The molecule has 6 aromatic carbocycles. The van der Waals surface area contributed by atoms with Crippen LogP contribution in [0.5, 0.6) is 0 Å². The van der Waals surface area contributed by atoms with Gasteiger partial charge in [-0.3, -0.25) is 0 Å². The van der Waals surface area contributed by atoms with Crippen molar-refractivity contribution in [2.24, 2.45) is 5.92 Å². The first-order valence-corrected chi connectivity index (χ1v) is 19.0. The summed E-state index contributed by atoms with van der Waals surface area (Å²) in [6, 6.07) is 50.7. The zero-order valence-corrected chi connectivity index (χ0v) is 32.4. The predicted octanol–water partition coefficient (Wildman–Crippen LogP) is 14.7. The van der Waals surface area contributed by atoms with Gasteiger partial charge in [-0.25, -0.2) is 0 Å². The summed E-state index contributed by atoms with van der Waals surface area (Å²) in [5, 5.41) is 0. The molecular formula is C52H50N2. The molecule has 0 saturated carbocycles. The van der Waals surface area contributed by atoms with Crippen LogP contribution in [0.25, 0.3) is 24.3 Å². The van der Waals surface area contributed by atoms with Crippen LogP contribution in [0.15, 0.2) is 163 Å². The third-order valence-electron chi connectivity index (χ3n) is 10.6. The molecule has 0 radical (unpaired) electrons.